The number of carboxylic acids is 1. The number of rotatable bonds is 7. The zero-order valence-corrected chi connectivity index (χ0v) is 16.7. The van der Waals surface area contributed by atoms with Crippen LogP contribution in [0.25, 0.3) is 6.08 Å². The first kappa shape index (κ1) is 20.5. The quantitative estimate of drug-likeness (QED) is 0.685. The minimum atomic E-state index is -0.999. The summed E-state index contributed by atoms with van der Waals surface area (Å²) in [6, 6.07) is 11.7. The van der Waals surface area contributed by atoms with Crippen LogP contribution < -0.4 is 9.47 Å². The number of ether oxygens (including phenoxy) is 2. The van der Waals surface area contributed by atoms with Gasteiger partial charge in [0.05, 0.1) is 17.6 Å². The van der Waals surface area contributed by atoms with Gasteiger partial charge in [0.25, 0.3) is 11.1 Å². The number of benzene rings is 2. The number of carbonyl (C=O) groups excluding carboxylic acids is 2. The van der Waals surface area contributed by atoms with Gasteiger partial charge in [0.2, 0.25) is 0 Å². The topological polar surface area (TPSA) is 93.1 Å². The van der Waals surface area contributed by atoms with E-state index in [1.54, 1.807) is 49.4 Å². The number of thioether (sulfide) groups is 1. The average molecular weight is 413 g/mol. The molecule has 7 nitrogen and oxygen atoms in total. The Hall–Kier alpha value is -3.26. The van der Waals surface area contributed by atoms with Crippen LogP contribution in [0.3, 0.4) is 0 Å². The Bertz CT molecular complexity index is 1000. The van der Waals surface area contributed by atoms with Crippen LogP contribution in [0.1, 0.15) is 28.4 Å². The highest BCUT2D eigenvalue weighted by Gasteiger charge is 2.33. The van der Waals surface area contributed by atoms with Crippen molar-refractivity contribution in [1.82, 2.24) is 4.90 Å². The largest absolute Gasteiger partial charge is 0.493 e. The van der Waals surface area contributed by atoms with E-state index in [0.29, 0.717) is 34.1 Å². The molecule has 0 bridgehead atoms. The second kappa shape index (κ2) is 8.83. The molecule has 0 saturated carbocycles. The van der Waals surface area contributed by atoms with E-state index < -0.39 is 5.97 Å². The number of amides is 2. The lowest BCUT2D eigenvalue weighted by molar-refractivity contribution is -0.122. The lowest BCUT2D eigenvalue weighted by Gasteiger charge is -2.12. The molecule has 8 heteroatoms. The highest BCUT2D eigenvalue weighted by atomic mass is 32.2. The standard InChI is InChI=1S/C21H19NO6S/c1-3-22-19(23)18(29-21(22)26)11-13-7-8-16(17(10-13)27-2)28-12-14-5-4-6-15(9-14)20(24)25/h4-11H,3,12H2,1-2H3,(H,24,25)/b18-11+. The zero-order chi connectivity index (χ0) is 21.0. The van der Waals surface area contributed by atoms with Crippen LogP contribution in [0.15, 0.2) is 47.4 Å². The SMILES string of the molecule is CCN1C(=O)S/C(=C/c2ccc(OCc3cccc(C(=O)O)c3)c(OC)c2)C1=O. The van der Waals surface area contributed by atoms with Gasteiger partial charge in [0.1, 0.15) is 6.61 Å². The fourth-order valence-electron chi connectivity index (χ4n) is 2.77. The Balaban J connectivity index is 1.77. The molecule has 29 heavy (non-hydrogen) atoms. The van der Waals surface area contributed by atoms with Gasteiger partial charge in [-0.3, -0.25) is 14.5 Å². The Kier molecular flexibility index (Phi) is 6.23. The van der Waals surface area contributed by atoms with Crippen LogP contribution in [0.2, 0.25) is 0 Å². The number of hydrogen-bond acceptors (Lipinski definition) is 6. The van der Waals surface area contributed by atoms with E-state index in [2.05, 4.69) is 0 Å². The molecular formula is C21H19NO6S. The number of carbonyl (C=O) groups is 3. The predicted molar refractivity (Wildman–Crippen MR) is 109 cm³/mol. The van der Waals surface area contributed by atoms with Gasteiger partial charge < -0.3 is 14.6 Å². The van der Waals surface area contributed by atoms with Crippen LogP contribution in [0.4, 0.5) is 4.79 Å². The van der Waals surface area contributed by atoms with Crippen molar-refractivity contribution in [1.29, 1.82) is 0 Å². The van der Waals surface area contributed by atoms with Gasteiger partial charge in [-0.2, -0.15) is 0 Å². The summed E-state index contributed by atoms with van der Waals surface area (Å²) in [5.41, 5.74) is 1.60. The van der Waals surface area contributed by atoms with Crippen molar-refractivity contribution in [2.24, 2.45) is 0 Å². The average Bonchev–Trinajstić information content (AvgIpc) is 2.99. The smallest absolute Gasteiger partial charge is 0.335 e. The second-order valence-corrected chi connectivity index (χ2v) is 7.12. The molecule has 1 aliphatic heterocycles. The molecule has 3 rings (SSSR count). The minimum Gasteiger partial charge on any atom is -0.493 e. The summed E-state index contributed by atoms with van der Waals surface area (Å²) in [4.78, 5) is 36.7. The van der Waals surface area contributed by atoms with Gasteiger partial charge in [0, 0.05) is 6.54 Å². The first-order valence-corrected chi connectivity index (χ1v) is 9.63. The Morgan fingerprint density at radius 2 is 1.97 bits per heavy atom. The first-order chi connectivity index (χ1) is 13.9. The number of carboxylic acid groups (broad SMARTS) is 1. The van der Waals surface area contributed by atoms with Crippen molar-refractivity contribution in [3.05, 3.63) is 64.1 Å². The molecule has 2 amide bonds. The summed E-state index contributed by atoms with van der Waals surface area (Å²) < 4.78 is 11.1. The lowest BCUT2D eigenvalue weighted by Crippen LogP contribution is -2.27. The van der Waals surface area contributed by atoms with E-state index in [4.69, 9.17) is 14.6 Å². The first-order valence-electron chi connectivity index (χ1n) is 8.81. The van der Waals surface area contributed by atoms with E-state index in [1.807, 2.05) is 0 Å². The predicted octanol–water partition coefficient (Wildman–Crippen LogP) is 4.03. The number of likely N-dealkylation sites (N-methyl/N-ethyl adjacent to an activating group) is 1. The van der Waals surface area contributed by atoms with Crippen LogP contribution in [0.5, 0.6) is 11.5 Å². The minimum absolute atomic E-state index is 0.173. The van der Waals surface area contributed by atoms with E-state index in [9.17, 15) is 14.4 Å². The third-order valence-electron chi connectivity index (χ3n) is 4.24. The van der Waals surface area contributed by atoms with Crippen LogP contribution >= 0.6 is 11.8 Å². The summed E-state index contributed by atoms with van der Waals surface area (Å²) in [5.74, 6) is -0.365. The fraction of sp³-hybridized carbons (Fsp3) is 0.190. The van der Waals surface area contributed by atoms with Gasteiger partial charge in [-0.25, -0.2) is 4.79 Å². The molecule has 2 aromatic carbocycles. The van der Waals surface area contributed by atoms with Crippen LogP contribution in [0, 0.1) is 0 Å². The van der Waals surface area contributed by atoms with E-state index in [0.717, 1.165) is 11.8 Å². The maximum Gasteiger partial charge on any atom is 0.335 e. The Morgan fingerprint density at radius 1 is 1.17 bits per heavy atom. The summed E-state index contributed by atoms with van der Waals surface area (Å²) in [5, 5.41) is 8.80. The van der Waals surface area contributed by atoms with Crippen molar-refractivity contribution < 1.29 is 29.0 Å². The van der Waals surface area contributed by atoms with Crippen molar-refractivity contribution in [2.75, 3.05) is 13.7 Å². The summed E-state index contributed by atoms with van der Waals surface area (Å²) in [7, 11) is 1.50. The number of hydrogen-bond donors (Lipinski definition) is 1. The van der Waals surface area contributed by atoms with Crippen molar-refractivity contribution in [2.45, 2.75) is 13.5 Å². The van der Waals surface area contributed by atoms with Crippen LogP contribution in [-0.2, 0) is 11.4 Å². The zero-order valence-electron chi connectivity index (χ0n) is 15.9. The molecule has 1 aliphatic rings. The van der Waals surface area contributed by atoms with E-state index in [-0.39, 0.29) is 23.3 Å². The van der Waals surface area contributed by atoms with Crippen molar-refractivity contribution >= 4 is 35.0 Å². The molecule has 0 radical (unpaired) electrons. The Morgan fingerprint density at radius 3 is 2.62 bits per heavy atom. The monoisotopic (exact) mass is 413 g/mol. The normalized spacial score (nSPS) is 15.1. The summed E-state index contributed by atoms with van der Waals surface area (Å²) in [6.07, 6.45) is 1.64. The highest BCUT2D eigenvalue weighted by Crippen LogP contribution is 2.34. The summed E-state index contributed by atoms with van der Waals surface area (Å²) in [6.45, 7) is 2.26. The molecule has 0 aromatic heterocycles. The number of nitrogens with zero attached hydrogens (tertiary/aromatic N) is 1. The van der Waals surface area contributed by atoms with Crippen molar-refractivity contribution in [3.8, 4) is 11.5 Å². The maximum atomic E-state index is 12.2. The molecule has 2 aromatic rings. The molecule has 150 valence electrons. The van der Waals surface area contributed by atoms with E-state index >= 15 is 0 Å². The van der Waals surface area contributed by atoms with Gasteiger partial charge >= 0.3 is 5.97 Å². The molecule has 0 spiro atoms. The molecule has 1 N–H and O–H groups in total. The second-order valence-electron chi connectivity index (χ2n) is 6.13. The van der Waals surface area contributed by atoms with Gasteiger partial charge in [0.15, 0.2) is 11.5 Å². The molecule has 1 heterocycles. The molecule has 1 fully saturated rings. The third-order valence-corrected chi connectivity index (χ3v) is 5.15. The fourth-order valence-corrected chi connectivity index (χ4v) is 3.68. The highest BCUT2D eigenvalue weighted by molar-refractivity contribution is 8.18. The summed E-state index contributed by atoms with van der Waals surface area (Å²) >= 11 is 0.909. The number of imide groups is 1. The number of aromatic carboxylic acids is 1. The van der Waals surface area contributed by atoms with Gasteiger partial charge in [-0.1, -0.05) is 18.2 Å². The third kappa shape index (κ3) is 4.60. The molecule has 0 atom stereocenters. The molecule has 0 aliphatic carbocycles. The van der Waals surface area contributed by atoms with E-state index in [1.165, 1.54) is 18.1 Å². The molecule has 1 saturated heterocycles. The maximum absolute atomic E-state index is 12.2. The molecule has 0 unspecified atom stereocenters. The van der Waals surface area contributed by atoms with Gasteiger partial charge in [-0.15, -0.1) is 0 Å². The lowest BCUT2D eigenvalue weighted by atomic mass is 10.1. The van der Waals surface area contributed by atoms with Crippen LogP contribution in [-0.4, -0.2) is 40.8 Å². The number of methoxy groups -OCH3 is 1. The van der Waals surface area contributed by atoms with Crippen molar-refractivity contribution in [3.63, 3.8) is 0 Å². The molecular weight excluding hydrogens is 394 g/mol. The Labute approximate surface area is 171 Å². The van der Waals surface area contributed by atoms with Gasteiger partial charge in [-0.05, 0) is 60.2 Å².